The molecule has 0 aromatic carbocycles. The number of esters is 4. The van der Waals surface area contributed by atoms with Crippen molar-refractivity contribution < 1.29 is 38.1 Å². The van der Waals surface area contributed by atoms with Gasteiger partial charge < -0.3 is 71.7 Å². The minimum Gasteiger partial charge on any atom is -0.465 e. The summed E-state index contributed by atoms with van der Waals surface area (Å²) in [5.74, 6) is 12.3. The van der Waals surface area contributed by atoms with Crippen molar-refractivity contribution in [1.82, 2.24) is 84.8 Å². The summed E-state index contributed by atoms with van der Waals surface area (Å²) in [4.78, 5) is 112. The summed E-state index contributed by atoms with van der Waals surface area (Å²) in [6.45, 7) is 11.6. The Morgan fingerprint density at radius 3 is 1.01 bits per heavy atom. The number of nitrogens with one attached hydrogen (secondary N) is 9. The minimum absolute atomic E-state index is 0.237. The number of aromatic nitrogens is 13. The van der Waals surface area contributed by atoms with Gasteiger partial charge in [0.2, 0.25) is 0 Å². The van der Waals surface area contributed by atoms with Gasteiger partial charge in [-0.15, -0.1) is 25.7 Å². The van der Waals surface area contributed by atoms with Crippen molar-refractivity contribution in [3.63, 3.8) is 0 Å². The smallest absolute Gasteiger partial charge is 0.341 e. The Kier molecular flexibility index (Phi) is 31.0. The van der Waals surface area contributed by atoms with Crippen molar-refractivity contribution in [1.29, 1.82) is 0 Å². The number of carbonyl (C=O) groups excluding carboxylic acids is 4. The van der Waals surface area contributed by atoms with Crippen LogP contribution >= 0.6 is 0 Å². The van der Waals surface area contributed by atoms with E-state index in [-0.39, 0.29) is 18.1 Å². The Morgan fingerprint density at radius 1 is 0.388 bits per heavy atom. The number of nitrogens with zero attached hydrogens (tertiary/aromatic N) is 16. The number of anilines is 12. The Labute approximate surface area is 704 Å². The maximum absolute atomic E-state index is 12.4. The van der Waals surface area contributed by atoms with E-state index in [4.69, 9.17) is 44.6 Å². The Bertz CT molecular complexity index is 5120. The number of terminal acetylenes is 4. The highest BCUT2D eigenvalue weighted by molar-refractivity contribution is 5.98. The SMILES string of the molecule is C#Cc1cnc(Nc2cc(NC3CC4CCC(C3)N4CCC)c(C(=O)OC)cn2)cn1.C#Cc1cnc(Nc2cc(NC3CC4CCC(C3)N4Cc3ccccn3)c(C(=O)OC)cn2)cn1.C#Cc1cnc(Nc2cc(NC3CCN(CCC)CC3)c(C(=O)OC)cn2)cn1.C#Cc1cnc(Nc2cc(NC3CCNCC3)c(C(=O)OC)cn2)cn1. The number of likely N-dealkylation sites (tertiary alicyclic amines) is 1. The molecule has 626 valence electrons. The summed E-state index contributed by atoms with van der Waals surface area (Å²) in [6, 6.07) is 16.6. The first kappa shape index (κ1) is 86.8. The van der Waals surface area contributed by atoms with Crippen molar-refractivity contribution in [2.75, 3.05) is 110 Å². The fourth-order valence-electron chi connectivity index (χ4n) is 15.9. The Hall–Kier alpha value is -13.6. The van der Waals surface area contributed by atoms with E-state index in [1.165, 1.54) is 116 Å². The molecule has 6 aliphatic heterocycles. The average Bonchev–Trinajstić information content (AvgIpc) is 1.67. The summed E-state index contributed by atoms with van der Waals surface area (Å²) < 4.78 is 19.7. The van der Waals surface area contributed by atoms with Gasteiger partial charge in [-0.2, -0.15) is 0 Å². The predicted octanol–water partition coefficient (Wildman–Crippen LogP) is 10.8. The Balaban J connectivity index is 0.000000149. The van der Waals surface area contributed by atoms with Gasteiger partial charge in [0, 0.05) is 123 Å². The molecule has 4 atom stereocenters. The number of hydrogen-bond acceptors (Lipinski definition) is 33. The van der Waals surface area contributed by atoms with Crippen molar-refractivity contribution in [3.8, 4) is 49.4 Å². The van der Waals surface area contributed by atoms with E-state index in [1.54, 1.807) is 30.7 Å². The fourth-order valence-corrected chi connectivity index (χ4v) is 15.9. The van der Waals surface area contributed by atoms with Gasteiger partial charge in [-0.3, -0.25) is 14.8 Å². The monoisotopic (exact) mass is 1640 g/mol. The van der Waals surface area contributed by atoms with Gasteiger partial charge in [-0.05, 0) is 152 Å². The average molecular weight is 1640 g/mol. The third kappa shape index (κ3) is 23.9. The normalized spacial score (nSPS) is 18.5. The standard InChI is InChI=1S/C26H27N7O2.C23H28N6O2.C21H26N6O2.C18H20N6O2/c1-3-17-13-29-25(15-28-17)32-24-12-23(22(14-30-24)26(34)35-2)31-19-10-20-7-8-21(11-19)33(20)16-18-6-4-5-9-27-18;1-4-8-29-17-6-7-18(29)10-16(9-17)27-20-11-21(26-13-19(20)23(30)31-3)28-22-14-24-15(5-2)12-25-22;1-4-8-27-9-6-16(7-10-27)25-18-11-19(24-13-17(18)21(28)29-3)26-20-14-22-15(5-2)12-23-20;1-3-12-9-21-17(11-20-12)24-16-8-15(14(10-22-16)18(25)26-2)23-13-4-6-19-7-5-13/h1,4-6,9,12-15,19-21H,7-8,10-11,16H2,2H3,(H2,29,30,31,32);2,11-14,16-18H,4,6-10H2,1,3H3,(H2,25,26,27,28);2,11-14,16H,4,6-10H2,1,3H3,(H2,23,24,25,26);1,8-11,13,19H,4-7H2,2H3,(H2,21,22,23,24). The topological polar surface area (TPSA) is 391 Å². The molecule has 4 bridgehead atoms. The minimum atomic E-state index is -0.432. The van der Waals surface area contributed by atoms with Crippen LogP contribution in [-0.4, -0.2) is 219 Å². The molecule has 0 radical (unpaired) electrons. The zero-order valence-electron chi connectivity index (χ0n) is 68.7. The highest BCUT2D eigenvalue weighted by Crippen LogP contribution is 2.40. The van der Waals surface area contributed by atoms with Crippen LogP contribution in [0.4, 0.5) is 69.3 Å². The highest BCUT2D eigenvalue weighted by atomic mass is 16.5. The van der Waals surface area contributed by atoms with Crippen LogP contribution in [0.1, 0.15) is 174 Å². The molecule has 9 aromatic heterocycles. The quantitative estimate of drug-likeness (QED) is 0.0138. The second-order valence-corrected chi connectivity index (χ2v) is 29.7. The molecule has 15 rings (SSSR count). The number of rotatable bonds is 26. The number of piperidine rings is 4. The van der Waals surface area contributed by atoms with E-state index in [2.05, 4.69) is 171 Å². The molecular weight excluding hydrogens is 1540 g/mol. The summed E-state index contributed by atoms with van der Waals surface area (Å²) in [5.41, 5.74) is 7.32. The molecule has 33 nitrogen and oxygen atoms in total. The van der Waals surface area contributed by atoms with Crippen molar-refractivity contribution >= 4 is 93.2 Å². The lowest BCUT2D eigenvalue weighted by Gasteiger charge is -2.39. The molecule has 6 aliphatic rings. The summed E-state index contributed by atoms with van der Waals surface area (Å²) in [5, 5.41) is 29.8. The molecule has 4 unspecified atom stereocenters. The lowest BCUT2D eigenvalue weighted by Crippen LogP contribution is -2.47. The van der Waals surface area contributed by atoms with E-state index < -0.39 is 23.9 Å². The molecular formula is C88H101N25O8. The van der Waals surface area contributed by atoms with Crippen LogP contribution in [0.2, 0.25) is 0 Å². The van der Waals surface area contributed by atoms with Gasteiger partial charge in [0.15, 0.2) is 0 Å². The first-order valence-corrected chi connectivity index (χ1v) is 40.5. The van der Waals surface area contributed by atoms with Crippen LogP contribution in [-0.2, 0) is 25.5 Å². The number of hydrogen-bond donors (Lipinski definition) is 9. The Morgan fingerprint density at radius 2 is 0.711 bits per heavy atom. The van der Waals surface area contributed by atoms with Crippen molar-refractivity contribution in [3.05, 3.63) is 174 Å². The number of methoxy groups -OCH3 is 4. The molecule has 121 heavy (non-hydrogen) atoms. The third-order valence-corrected chi connectivity index (χ3v) is 21.7. The predicted molar refractivity (Wildman–Crippen MR) is 462 cm³/mol. The van der Waals surface area contributed by atoms with Gasteiger partial charge in [-0.1, -0.05) is 19.9 Å². The van der Waals surface area contributed by atoms with Gasteiger partial charge in [-0.25, -0.2) is 79.0 Å². The first-order chi connectivity index (χ1) is 59.0. The number of carbonyl (C=O) groups is 4. The van der Waals surface area contributed by atoms with E-state index in [9.17, 15) is 19.2 Å². The van der Waals surface area contributed by atoms with E-state index in [1.807, 2.05) is 30.5 Å². The van der Waals surface area contributed by atoms with Gasteiger partial charge in [0.05, 0.1) is 106 Å². The lowest BCUT2D eigenvalue weighted by atomic mass is 9.96. The zero-order chi connectivity index (χ0) is 85.0. The van der Waals surface area contributed by atoms with Crippen LogP contribution in [0.3, 0.4) is 0 Å². The molecule has 33 heteroatoms. The molecule has 6 fully saturated rings. The van der Waals surface area contributed by atoms with Crippen LogP contribution in [0.25, 0.3) is 0 Å². The van der Waals surface area contributed by atoms with Crippen molar-refractivity contribution in [2.24, 2.45) is 0 Å². The summed E-state index contributed by atoms with van der Waals surface area (Å²) >= 11 is 0. The first-order valence-electron chi connectivity index (χ1n) is 40.5. The second kappa shape index (κ2) is 43.2. The highest BCUT2D eigenvalue weighted by Gasteiger charge is 2.42. The second-order valence-electron chi connectivity index (χ2n) is 29.7. The molecule has 9 aromatic rings. The van der Waals surface area contributed by atoms with Crippen molar-refractivity contribution in [2.45, 2.75) is 159 Å². The maximum Gasteiger partial charge on any atom is 0.341 e. The van der Waals surface area contributed by atoms with Crippen LogP contribution in [0, 0.1) is 49.4 Å². The molecule has 0 amide bonds. The van der Waals surface area contributed by atoms with Crippen LogP contribution < -0.4 is 47.9 Å². The summed E-state index contributed by atoms with van der Waals surface area (Å²) in [7, 11) is 5.47. The zero-order valence-corrected chi connectivity index (χ0v) is 68.7. The van der Waals surface area contributed by atoms with Gasteiger partial charge in [0.25, 0.3) is 0 Å². The maximum atomic E-state index is 12.4. The molecule has 15 heterocycles. The lowest BCUT2D eigenvalue weighted by molar-refractivity contribution is 0.0592. The largest absolute Gasteiger partial charge is 0.465 e. The molecule has 6 saturated heterocycles. The van der Waals surface area contributed by atoms with E-state index in [0.29, 0.717) is 145 Å². The molecule has 0 aliphatic carbocycles. The van der Waals surface area contributed by atoms with Crippen LogP contribution in [0.5, 0.6) is 0 Å². The summed E-state index contributed by atoms with van der Waals surface area (Å²) in [6.07, 6.45) is 56.7. The van der Waals surface area contributed by atoms with Gasteiger partial charge >= 0.3 is 23.9 Å². The fraction of sp³-hybridized carbons (Fsp3) is 0.398. The third-order valence-electron chi connectivity index (χ3n) is 21.7. The van der Waals surface area contributed by atoms with Crippen LogP contribution in [0.15, 0.2) is 123 Å². The number of pyridine rings is 5. The van der Waals surface area contributed by atoms with E-state index >= 15 is 0 Å². The van der Waals surface area contributed by atoms with E-state index in [0.717, 1.165) is 109 Å². The number of ether oxygens (including phenoxy) is 4. The molecule has 0 saturated carbocycles. The molecule has 9 N–H and O–H groups in total. The van der Waals surface area contributed by atoms with Gasteiger partial charge in [0.1, 0.15) is 91.6 Å². The molecule has 0 spiro atoms. The number of fused-ring (bicyclic) bond motifs is 4.